The van der Waals surface area contributed by atoms with E-state index in [4.69, 9.17) is 0 Å². The Kier molecular flexibility index (Phi) is 8.32. The van der Waals surface area contributed by atoms with Crippen LogP contribution in [0.3, 0.4) is 0 Å². The highest BCUT2D eigenvalue weighted by Crippen LogP contribution is 2.16. The minimum absolute atomic E-state index is 0.177. The lowest BCUT2D eigenvalue weighted by Crippen LogP contribution is -2.30. The maximum atomic E-state index is 11.9. The standard InChI is InChI=1S/C17H25N3O4/c1-4-18-16(22)13-9-8-12(2)14(11-13)20-17(23)19-10-6-5-7-15(21)24-3/h8-9,11H,4-7,10H2,1-3H3,(H,18,22)(H2,19,20,23). The highest BCUT2D eigenvalue weighted by Gasteiger charge is 2.09. The number of aryl methyl sites for hydroxylation is 1. The second-order valence-corrected chi connectivity index (χ2v) is 5.30. The van der Waals surface area contributed by atoms with Crippen LogP contribution >= 0.6 is 0 Å². The van der Waals surface area contributed by atoms with E-state index in [0.717, 1.165) is 5.56 Å². The van der Waals surface area contributed by atoms with Gasteiger partial charge in [-0.15, -0.1) is 0 Å². The van der Waals surface area contributed by atoms with Gasteiger partial charge in [-0.3, -0.25) is 9.59 Å². The number of carbonyl (C=O) groups excluding carboxylic acids is 3. The van der Waals surface area contributed by atoms with Crippen molar-refractivity contribution in [3.05, 3.63) is 29.3 Å². The topological polar surface area (TPSA) is 96.5 Å². The van der Waals surface area contributed by atoms with Crippen molar-refractivity contribution in [1.29, 1.82) is 0 Å². The summed E-state index contributed by atoms with van der Waals surface area (Å²) in [6.45, 7) is 4.70. The van der Waals surface area contributed by atoms with Gasteiger partial charge < -0.3 is 20.7 Å². The molecule has 7 heteroatoms. The molecule has 0 atom stereocenters. The molecule has 3 amide bonds. The van der Waals surface area contributed by atoms with E-state index in [0.29, 0.717) is 43.6 Å². The second-order valence-electron chi connectivity index (χ2n) is 5.30. The van der Waals surface area contributed by atoms with Gasteiger partial charge in [0, 0.05) is 30.8 Å². The van der Waals surface area contributed by atoms with Crippen LogP contribution in [0.1, 0.15) is 42.1 Å². The van der Waals surface area contributed by atoms with Crippen molar-refractivity contribution >= 4 is 23.6 Å². The van der Waals surface area contributed by atoms with E-state index < -0.39 is 0 Å². The van der Waals surface area contributed by atoms with Gasteiger partial charge in [0.05, 0.1) is 7.11 Å². The minimum Gasteiger partial charge on any atom is -0.469 e. The van der Waals surface area contributed by atoms with Gasteiger partial charge in [-0.2, -0.15) is 0 Å². The summed E-state index contributed by atoms with van der Waals surface area (Å²) in [6.07, 6.45) is 1.67. The number of unbranched alkanes of at least 4 members (excludes halogenated alkanes) is 1. The maximum absolute atomic E-state index is 11.9. The van der Waals surface area contributed by atoms with Crippen LogP contribution in [-0.4, -0.2) is 38.1 Å². The number of hydrogen-bond acceptors (Lipinski definition) is 4. The summed E-state index contributed by atoms with van der Waals surface area (Å²) in [5, 5.41) is 8.18. The highest BCUT2D eigenvalue weighted by atomic mass is 16.5. The van der Waals surface area contributed by atoms with Gasteiger partial charge in [0.2, 0.25) is 0 Å². The molecule has 3 N–H and O–H groups in total. The molecule has 7 nitrogen and oxygen atoms in total. The molecule has 0 aliphatic heterocycles. The molecule has 1 aromatic rings. The Balaban J connectivity index is 2.47. The Labute approximate surface area is 142 Å². The molecule has 0 radical (unpaired) electrons. The van der Waals surface area contributed by atoms with Crippen molar-refractivity contribution < 1.29 is 19.1 Å². The molecule has 0 heterocycles. The summed E-state index contributed by atoms with van der Waals surface area (Å²) in [5.41, 5.74) is 1.95. The molecular formula is C17H25N3O4. The third-order valence-electron chi connectivity index (χ3n) is 3.41. The molecule has 1 rings (SSSR count). The lowest BCUT2D eigenvalue weighted by molar-refractivity contribution is -0.140. The lowest BCUT2D eigenvalue weighted by Gasteiger charge is -2.11. The van der Waals surface area contributed by atoms with Crippen molar-refractivity contribution in [2.75, 3.05) is 25.5 Å². The molecule has 0 saturated carbocycles. The molecule has 24 heavy (non-hydrogen) atoms. The predicted octanol–water partition coefficient (Wildman–Crippen LogP) is 2.21. The zero-order chi connectivity index (χ0) is 17.9. The van der Waals surface area contributed by atoms with Gasteiger partial charge in [0.1, 0.15) is 0 Å². The SMILES string of the molecule is CCNC(=O)c1ccc(C)c(NC(=O)NCCCCC(=O)OC)c1. The summed E-state index contributed by atoms with van der Waals surface area (Å²) in [6, 6.07) is 4.81. The summed E-state index contributed by atoms with van der Waals surface area (Å²) >= 11 is 0. The number of anilines is 1. The molecular weight excluding hydrogens is 310 g/mol. The first kappa shape index (κ1) is 19.5. The normalized spacial score (nSPS) is 9.96. The fourth-order valence-electron chi connectivity index (χ4n) is 2.03. The first-order chi connectivity index (χ1) is 11.5. The fraction of sp³-hybridized carbons (Fsp3) is 0.471. The second kappa shape index (κ2) is 10.3. The number of esters is 1. The van der Waals surface area contributed by atoms with Crippen LogP contribution in [0, 0.1) is 6.92 Å². The average molecular weight is 335 g/mol. The smallest absolute Gasteiger partial charge is 0.319 e. The zero-order valence-electron chi connectivity index (χ0n) is 14.4. The van der Waals surface area contributed by atoms with Crippen LogP contribution < -0.4 is 16.0 Å². The number of benzene rings is 1. The summed E-state index contributed by atoms with van der Waals surface area (Å²) in [4.78, 5) is 34.7. The molecule has 0 aliphatic rings. The van der Waals surface area contributed by atoms with E-state index in [1.54, 1.807) is 18.2 Å². The maximum Gasteiger partial charge on any atom is 0.319 e. The van der Waals surface area contributed by atoms with E-state index in [-0.39, 0.29) is 17.9 Å². The summed E-state index contributed by atoms with van der Waals surface area (Å²) in [7, 11) is 1.35. The summed E-state index contributed by atoms with van der Waals surface area (Å²) < 4.78 is 4.55. The fourth-order valence-corrected chi connectivity index (χ4v) is 2.03. The van der Waals surface area contributed by atoms with Crippen LogP contribution in [0.15, 0.2) is 18.2 Å². The number of urea groups is 1. The Hall–Kier alpha value is -2.57. The van der Waals surface area contributed by atoms with Gasteiger partial charge >= 0.3 is 12.0 Å². The van der Waals surface area contributed by atoms with Crippen molar-refractivity contribution in [2.45, 2.75) is 33.1 Å². The molecule has 0 bridgehead atoms. The Morgan fingerprint density at radius 1 is 1.12 bits per heavy atom. The van der Waals surface area contributed by atoms with Gasteiger partial charge in [-0.25, -0.2) is 4.79 Å². The number of hydrogen-bond donors (Lipinski definition) is 3. The van der Waals surface area contributed by atoms with Gasteiger partial charge in [-0.05, 0) is 44.4 Å². The first-order valence-electron chi connectivity index (χ1n) is 7.98. The first-order valence-corrected chi connectivity index (χ1v) is 7.98. The number of methoxy groups -OCH3 is 1. The van der Waals surface area contributed by atoms with Crippen molar-refractivity contribution in [1.82, 2.24) is 10.6 Å². The van der Waals surface area contributed by atoms with Crippen LogP contribution in [0.25, 0.3) is 0 Å². The number of carbonyl (C=O) groups is 3. The quantitative estimate of drug-likeness (QED) is 0.501. The molecule has 0 saturated heterocycles. The average Bonchev–Trinajstić information content (AvgIpc) is 2.56. The molecule has 132 valence electrons. The van der Waals surface area contributed by atoms with Crippen LogP contribution in [0.5, 0.6) is 0 Å². The third-order valence-corrected chi connectivity index (χ3v) is 3.41. The minimum atomic E-state index is -0.343. The Bertz CT molecular complexity index is 587. The monoisotopic (exact) mass is 335 g/mol. The molecule has 0 spiro atoms. The predicted molar refractivity (Wildman–Crippen MR) is 92.1 cm³/mol. The zero-order valence-corrected chi connectivity index (χ0v) is 14.4. The molecule has 0 aliphatic carbocycles. The van der Waals surface area contributed by atoms with Gasteiger partial charge in [0.15, 0.2) is 0 Å². The van der Waals surface area contributed by atoms with Crippen molar-refractivity contribution in [3.63, 3.8) is 0 Å². The van der Waals surface area contributed by atoms with Crippen molar-refractivity contribution in [3.8, 4) is 0 Å². The van der Waals surface area contributed by atoms with E-state index in [9.17, 15) is 14.4 Å². The molecule has 0 fully saturated rings. The Morgan fingerprint density at radius 2 is 1.88 bits per heavy atom. The number of amides is 3. The van der Waals surface area contributed by atoms with Gasteiger partial charge in [-0.1, -0.05) is 6.07 Å². The van der Waals surface area contributed by atoms with Crippen molar-refractivity contribution in [2.24, 2.45) is 0 Å². The third kappa shape index (κ3) is 6.68. The van der Waals surface area contributed by atoms with E-state index in [1.165, 1.54) is 7.11 Å². The van der Waals surface area contributed by atoms with E-state index >= 15 is 0 Å². The molecule has 1 aromatic carbocycles. The van der Waals surface area contributed by atoms with E-state index in [2.05, 4.69) is 20.7 Å². The van der Waals surface area contributed by atoms with E-state index in [1.807, 2.05) is 13.8 Å². The Morgan fingerprint density at radius 3 is 2.54 bits per heavy atom. The number of rotatable bonds is 8. The van der Waals surface area contributed by atoms with Gasteiger partial charge in [0.25, 0.3) is 5.91 Å². The molecule has 0 unspecified atom stereocenters. The lowest BCUT2D eigenvalue weighted by atomic mass is 10.1. The number of ether oxygens (including phenoxy) is 1. The van der Waals surface area contributed by atoms with Crippen LogP contribution in [0.2, 0.25) is 0 Å². The summed E-state index contributed by atoms with van der Waals surface area (Å²) in [5.74, 6) is -0.430. The molecule has 0 aromatic heterocycles. The van der Waals surface area contributed by atoms with Crippen LogP contribution in [-0.2, 0) is 9.53 Å². The highest BCUT2D eigenvalue weighted by molar-refractivity contribution is 5.97. The number of nitrogens with one attached hydrogen (secondary N) is 3. The van der Waals surface area contributed by atoms with Crippen LogP contribution in [0.4, 0.5) is 10.5 Å². The largest absolute Gasteiger partial charge is 0.469 e.